The van der Waals surface area contributed by atoms with Crippen molar-refractivity contribution in [3.63, 3.8) is 0 Å². The Labute approximate surface area is 190 Å². The molecular weight excluding hydrogens is 425 g/mol. The molecule has 1 aliphatic heterocycles. The van der Waals surface area contributed by atoms with Gasteiger partial charge >= 0.3 is 0 Å². The van der Waals surface area contributed by atoms with E-state index in [1.54, 1.807) is 37.4 Å². The molecule has 1 saturated heterocycles. The number of Topliss-reactive ketones (excluding diaryl/α,β-unsaturated/α-hetero) is 1. The summed E-state index contributed by atoms with van der Waals surface area (Å²) < 4.78 is 24.5. The van der Waals surface area contributed by atoms with E-state index in [0.717, 1.165) is 5.56 Å². The Hall–Kier alpha value is -3.87. The van der Waals surface area contributed by atoms with Gasteiger partial charge in [0, 0.05) is 16.8 Å². The van der Waals surface area contributed by atoms with Gasteiger partial charge in [0.2, 0.25) is 0 Å². The van der Waals surface area contributed by atoms with E-state index in [-0.39, 0.29) is 16.7 Å². The molecule has 1 aromatic heterocycles. The molecule has 170 valence electrons. The lowest BCUT2D eigenvalue weighted by Crippen LogP contribution is -2.29. The van der Waals surface area contributed by atoms with E-state index in [1.165, 1.54) is 35.4 Å². The van der Waals surface area contributed by atoms with Crippen LogP contribution in [0.4, 0.5) is 10.1 Å². The average Bonchev–Trinajstić information content (AvgIpc) is 3.40. The minimum absolute atomic E-state index is 0.107. The van der Waals surface area contributed by atoms with Crippen molar-refractivity contribution >= 4 is 23.1 Å². The lowest BCUT2D eigenvalue weighted by molar-refractivity contribution is -0.132. The Morgan fingerprint density at radius 3 is 2.36 bits per heavy atom. The van der Waals surface area contributed by atoms with Gasteiger partial charge in [-0.05, 0) is 60.0 Å². The Kier molecular flexibility index (Phi) is 5.57. The second kappa shape index (κ2) is 8.24. The lowest BCUT2D eigenvalue weighted by Gasteiger charge is -2.24. The monoisotopic (exact) mass is 449 g/mol. The molecule has 6 nitrogen and oxygen atoms in total. The summed E-state index contributed by atoms with van der Waals surface area (Å²) >= 11 is 0. The summed E-state index contributed by atoms with van der Waals surface area (Å²) in [5.41, 5.74) is 1.10. The van der Waals surface area contributed by atoms with Gasteiger partial charge in [-0.3, -0.25) is 14.5 Å². The summed E-state index contributed by atoms with van der Waals surface area (Å²) in [6.07, 6.45) is 1.42. The molecule has 0 spiro atoms. The van der Waals surface area contributed by atoms with Crippen LogP contribution in [0.25, 0.3) is 5.76 Å². The number of aliphatic hydroxyl groups is 1. The molecule has 1 atom stereocenters. The number of hydrogen-bond donors (Lipinski definition) is 1. The summed E-state index contributed by atoms with van der Waals surface area (Å²) in [6.45, 7) is 6.01. The van der Waals surface area contributed by atoms with Crippen molar-refractivity contribution in [3.05, 3.63) is 89.1 Å². The van der Waals surface area contributed by atoms with E-state index in [9.17, 15) is 19.1 Å². The normalized spacial score (nSPS) is 18.1. The summed E-state index contributed by atoms with van der Waals surface area (Å²) in [5.74, 6) is -1.55. The minimum atomic E-state index is -1.01. The van der Waals surface area contributed by atoms with Crippen molar-refractivity contribution < 1.29 is 28.2 Å². The van der Waals surface area contributed by atoms with Crippen LogP contribution in [0.2, 0.25) is 0 Å². The third-order valence-electron chi connectivity index (χ3n) is 5.64. The van der Waals surface area contributed by atoms with E-state index >= 15 is 0 Å². The van der Waals surface area contributed by atoms with Gasteiger partial charge in [0.15, 0.2) is 0 Å². The largest absolute Gasteiger partial charge is 0.507 e. The number of hydrogen-bond acceptors (Lipinski definition) is 5. The van der Waals surface area contributed by atoms with Gasteiger partial charge in [0.1, 0.15) is 29.1 Å². The number of aliphatic hydroxyl groups excluding tert-OH is 1. The molecule has 7 heteroatoms. The number of benzene rings is 2. The number of nitrogens with zero attached hydrogens (tertiary/aromatic N) is 1. The first-order valence-electron chi connectivity index (χ1n) is 10.4. The molecule has 4 rings (SSSR count). The fraction of sp³-hybridized carbons (Fsp3) is 0.231. The van der Waals surface area contributed by atoms with Gasteiger partial charge in [0.05, 0.1) is 18.9 Å². The van der Waals surface area contributed by atoms with Crippen LogP contribution in [-0.2, 0) is 15.0 Å². The number of ketones is 1. The second-order valence-electron chi connectivity index (χ2n) is 8.83. The fourth-order valence-electron chi connectivity index (χ4n) is 4.01. The number of furan rings is 1. The van der Waals surface area contributed by atoms with Crippen LogP contribution in [0, 0.1) is 5.82 Å². The van der Waals surface area contributed by atoms with Crippen molar-refractivity contribution in [1.29, 1.82) is 0 Å². The minimum Gasteiger partial charge on any atom is -0.507 e. The van der Waals surface area contributed by atoms with Crippen molar-refractivity contribution in [3.8, 4) is 5.75 Å². The molecule has 0 aliphatic carbocycles. The number of anilines is 1. The number of carbonyl (C=O) groups is 2. The number of halogens is 1. The Morgan fingerprint density at radius 1 is 1.09 bits per heavy atom. The van der Waals surface area contributed by atoms with E-state index in [4.69, 9.17) is 9.15 Å². The first-order chi connectivity index (χ1) is 15.6. The third kappa shape index (κ3) is 3.91. The van der Waals surface area contributed by atoms with Gasteiger partial charge in [0.25, 0.3) is 11.7 Å². The maximum Gasteiger partial charge on any atom is 0.300 e. The highest BCUT2D eigenvalue weighted by Crippen LogP contribution is 2.43. The maximum atomic E-state index is 13.5. The van der Waals surface area contributed by atoms with E-state index in [1.807, 2.05) is 20.8 Å². The first-order valence-corrected chi connectivity index (χ1v) is 10.4. The second-order valence-corrected chi connectivity index (χ2v) is 8.83. The number of amides is 1. The van der Waals surface area contributed by atoms with Crippen molar-refractivity contribution in [1.82, 2.24) is 0 Å². The Morgan fingerprint density at radius 2 is 1.79 bits per heavy atom. The zero-order valence-corrected chi connectivity index (χ0v) is 18.8. The molecule has 0 bridgehead atoms. The quantitative estimate of drug-likeness (QED) is 0.330. The molecule has 1 amide bonds. The highest BCUT2D eigenvalue weighted by molar-refractivity contribution is 6.51. The van der Waals surface area contributed by atoms with Crippen LogP contribution in [0.5, 0.6) is 5.75 Å². The topological polar surface area (TPSA) is 80.0 Å². The van der Waals surface area contributed by atoms with E-state index in [2.05, 4.69) is 0 Å². The summed E-state index contributed by atoms with van der Waals surface area (Å²) in [6, 6.07) is 12.6. The molecule has 1 aliphatic rings. The number of ether oxygens (including phenoxy) is 1. The predicted octanol–water partition coefficient (Wildman–Crippen LogP) is 5.35. The third-order valence-corrected chi connectivity index (χ3v) is 5.64. The molecule has 1 unspecified atom stereocenters. The molecule has 2 heterocycles. The molecule has 2 aromatic carbocycles. The predicted molar refractivity (Wildman–Crippen MR) is 122 cm³/mol. The zero-order chi connectivity index (χ0) is 23.9. The zero-order valence-electron chi connectivity index (χ0n) is 18.8. The van der Waals surface area contributed by atoms with Gasteiger partial charge < -0.3 is 14.3 Å². The standard InChI is InChI=1S/C26H24FNO5/c1-26(2,3)18-14-15(7-12-19(18)32-4)23(29)21-22(20-6-5-13-33-20)28(25(31)24(21)30)17-10-8-16(27)9-11-17/h5-14,22,29H,1-4H3/b23-21-. The lowest BCUT2D eigenvalue weighted by atomic mass is 9.84. The van der Waals surface area contributed by atoms with Crippen molar-refractivity contribution in [2.75, 3.05) is 12.0 Å². The average molecular weight is 449 g/mol. The van der Waals surface area contributed by atoms with Crippen LogP contribution in [0.1, 0.15) is 43.7 Å². The molecule has 33 heavy (non-hydrogen) atoms. The maximum absolute atomic E-state index is 13.5. The molecular formula is C26H24FNO5. The SMILES string of the molecule is COc1ccc(/C(O)=C2/C(=O)C(=O)N(c3ccc(F)cc3)C2c2ccco2)cc1C(C)(C)C. The Balaban J connectivity index is 1.92. The van der Waals surface area contributed by atoms with Crippen LogP contribution in [-0.4, -0.2) is 23.9 Å². The number of carbonyl (C=O) groups excluding carboxylic acids is 2. The summed E-state index contributed by atoms with van der Waals surface area (Å²) in [4.78, 5) is 27.4. The van der Waals surface area contributed by atoms with Crippen LogP contribution < -0.4 is 9.64 Å². The van der Waals surface area contributed by atoms with E-state index in [0.29, 0.717) is 22.8 Å². The highest BCUT2D eigenvalue weighted by Gasteiger charge is 2.48. The van der Waals surface area contributed by atoms with Crippen LogP contribution >= 0.6 is 0 Å². The fourth-order valence-corrected chi connectivity index (χ4v) is 4.01. The molecule has 3 aromatic rings. The Bertz CT molecular complexity index is 1240. The number of rotatable bonds is 4. The van der Waals surface area contributed by atoms with E-state index < -0.39 is 23.5 Å². The summed E-state index contributed by atoms with van der Waals surface area (Å²) in [7, 11) is 1.56. The summed E-state index contributed by atoms with van der Waals surface area (Å²) in [5, 5.41) is 11.3. The van der Waals surface area contributed by atoms with Crippen LogP contribution in [0.3, 0.4) is 0 Å². The smallest absolute Gasteiger partial charge is 0.300 e. The molecule has 1 fully saturated rings. The molecule has 1 N–H and O–H groups in total. The first kappa shape index (κ1) is 22.3. The van der Waals surface area contributed by atoms with Crippen LogP contribution in [0.15, 0.2) is 70.9 Å². The number of methoxy groups -OCH3 is 1. The van der Waals surface area contributed by atoms with Gasteiger partial charge in [-0.1, -0.05) is 20.8 Å². The molecule has 0 radical (unpaired) electrons. The van der Waals surface area contributed by atoms with Gasteiger partial charge in [-0.25, -0.2) is 4.39 Å². The van der Waals surface area contributed by atoms with Crippen molar-refractivity contribution in [2.45, 2.75) is 32.2 Å². The molecule has 0 saturated carbocycles. The van der Waals surface area contributed by atoms with Crippen molar-refractivity contribution in [2.24, 2.45) is 0 Å². The van der Waals surface area contributed by atoms with Gasteiger partial charge in [-0.15, -0.1) is 0 Å². The highest BCUT2D eigenvalue weighted by atomic mass is 19.1. The van der Waals surface area contributed by atoms with Gasteiger partial charge in [-0.2, -0.15) is 0 Å².